The molecule has 2 heteroatoms. The minimum absolute atomic E-state index is 0.173. The molecule has 1 aliphatic rings. The molecule has 1 fully saturated rings. The topological polar surface area (TPSA) is 26.0 Å². The second kappa shape index (κ2) is 5.74. The summed E-state index contributed by atoms with van der Waals surface area (Å²) in [6, 6.07) is 10.6. The smallest absolute Gasteiger partial charge is 0.0412 e. The summed E-state index contributed by atoms with van der Waals surface area (Å²) in [5, 5.41) is 1.37. The van der Waals surface area contributed by atoms with Crippen LogP contribution in [0.15, 0.2) is 30.3 Å². The van der Waals surface area contributed by atoms with Crippen molar-refractivity contribution in [2.45, 2.75) is 49.1 Å². The average molecular weight is 235 g/mol. The highest BCUT2D eigenvalue weighted by Gasteiger charge is 2.22. The minimum atomic E-state index is 0.173. The molecule has 0 amide bonds. The highest BCUT2D eigenvalue weighted by molar-refractivity contribution is 8.00. The quantitative estimate of drug-likeness (QED) is 0.860. The fourth-order valence-corrected chi connectivity index (χ4v) is 3.90. The molecule has 0 heterocycles. The van der Waals surface area contributed by atoms with E-state index in [1.165, 1.54) is 31.2 Å². The second-order valence-electron chi connectivity index (χ2n) is 4.68. The summed E-state index contributed by atoms with van der Waals surface area (Å²) in [5.74, 6) is 0. The van der Waals surface area contributed by atoms with Gasteiger partial charge in [0.05, 0.1) is 0 Å². The molecule has 0 radical (unpaired) electrons. The van der Waals surface area contributed by atoms with Gasteiger partial charge in [-0.3, -0.25) is 0 Å². The average Bonchev–Trinajstić information content (AvgIpc) is 2.82. The SMILES string of the molecule is CC(SC1CCCC1)C(N)c1ccccc1. The lowest BCUT2D eigenvalue weighted by atomic mass is 10.1. The summed E-state index contributed by atoms with van der Waals surface area (Å²) in [7, 11) is 0. The summed E-state index contributed by atoms with van der Waals surface area (Å²) < 4.78 is 0. The third-order valence-corrected chi connectivity index (χ3v) is 4.98. The van der Waals surface area contributed by atoms with E-state index in [4.69, 9.17) is 5.73 Å². The molecule has 16 heavy (non-hydrogen) atoms. The summed E-state index contributed by atoms with van der Waals surface area (Å²) in [4.78, 5) is 0. The van der Waals surface area contributed by atoms with Gasteiger partial charge in [-0.15, -0.1) is 0 Å². The highest BCUT2D eigenvalue weighted by atomic mass is 32.2. The van der Waals surface area contributed by atoms with Crippen molar-refractivity contribution in [2.24, 2.45) is 5.73 Å². The Labute approximate surface area is 103 Å². The highest BCUT2D eigenvalue weighted by Crippen LogP contribution is 2.35. The van der Waals surface area contributed by atoms with Crippen LogP contribution in [-0.2, 0) is 0 Å². The Morgan fingerprint density at radius 3 is 2.44 bits per heavy atom. The molecule has 0 aromatic heterocycles. The van der Waals surface area contributed by atoms with Crippen LogP contribution in [-0.4, -0.2) is 10.5 Å². The number of benzene rings is 1. The summed E-state index contributed by atoms with van der Waals surface area (Å²) in [6.45, 7) is 2.26. The van der Waals surface area contributed by atoms with Crippen molar-refractivity contribution in [1.82, 2.24) is 0 Å². The first-order chi connectivity index (χ1) is 7.77. The fraction of sp³-hybridized carbons (Fsp3) is 0.571. The molecule has 1 saturated carbocycles. The van der Waals surface area contributed by atoms with E-state index in [0.29, 0.717) is 5.25 Å². The summed E-state index contributed by atoms with van der Waals surface area (Å²) in [6.07, 6.45) is 5.59. The molecule has 88 valence electrons. The Kier molecular flexibility index (Phi) is 4.30. The van der Waals surface area contributed by atoms with Crippen LogP contribution in [0.25, 0.3) is 0 Å². The van der Waals surface area contributed by atoms with Crippen LogP contribution in [0.4, 0.5) is 0 Å². The van der Waals surface area contributed by atoms with Gasteiger partial charge in [0.2, 0.25) is 0 Å². The molecule has 2 rings (SSSR count). The number of nitrogens with two attached hydrogens (primary N) is 1. The monoisotopic (exact) mass is 235 g/mol. The molecular formula is C14H21NS. The van der Waals surface area contributed by atoms with Crippen molar-refractivity contribution in [2.75, 3.05) is 0 Å². The van der Waals surface area contributed by atoms with Gasteiger partial charge in [0.15, 0.2) is 0 Å². The summed E-state index contributed by atoms with van der Waals surface area (Å²) >= 11 is 2.09. The number of hydrogen-bond acceptors (Lipinski definition) is 2. The Hall–Kier alpha value is -0.470. The van der Waals surface area contributed by atoms with Gasteiger partial charge < -0.3 is 5.73 Å². The molecular weight excluding hydrogens is 214 g/mol. The first-order valence-corrected chi connectivity index (χ1v) is 7.17. The van der Waals surface area contributed by atoms with Crippen LogP contribution in [0.1, 0.15) is 44.2 Å². The number of hydrogen-bond donors (Lipinski definition) is 1. The van der Waals surface area contributed by atoms with Crippen molar-refractivity contribution in [3.8, 4) is 0 Å². The van der Waals surface area contributed by atoms with E-state index in [1.807, 2.05) is 6.07 Å². The lowest BCUT2D eigenvalue weighted by Gasteiger charge is -2.22. The molecule has 0 bridgehead atoms. The zero-order chi connectivity index (χ0) is 11.4. The summed E-state index contributed by atoms with van der Waals surface area (Å²) in [5.41, 5.74) is 7.56. The molecule has 0 saturated heterocycles. The molecule has 2 unspecified atom stereocenters. The Morgan fingerprint density at radius 2 is 1.81 bits per heavy atom. The van der Waals surface area contributed by atoms with Gasteiger partial charge in [-0.05, 0) is 18.4 Å². The standard InChI is InChI=1S/C14H21NS/c1-11(16-13-9-5-6-10-13)14(15)12-7-3-2-4-8-12/h2-4,7-8,11,13-14H,5-6,9-10,15H2,1H3. The van der Waals surface area contributed by atoms with E-state index in [0.717, 1.165) is 5.25 Å². The molecule has 0 aliphatic heterocycles. The van der Waals surface area contributed by atoms with Crippen LogP contribution in [0, 0.1) is 0 Å². The largest absolute Gasteiger partial charge is 0.323 e. The number of rotatable bonds is 4. The molecule has 1 nitrogen and oxygen atoms in total. The van der Waals surface area contributed by atoms with Gasteiger partial charge >= 0.3 is 0 Å². The maximum Gasteiger partial charge on any atom is 0.0412 e. The van der Waals surface area contributed by atoms with Gasteiger partial charge in [-0.25, -0.2) is 0 Å². The minimum Gasteiger partial charge on any atom is -0.323 e. The maximum absolute atomic E-state index is 6.30. The van der Waals surface area contributed by atoms with E-state index in [9.17, 15) is 0 Å². The lowest BCUT2D eigenvalue weighted by Crippen LogP contribution is -2.22. The number of thioether (sulfide) groups is 1. The van der Waals surface area contributed by atoms with Gasteiger partial charge in [0.1, 0.15) is 0 Å². The third-order valence-electron chi connectivity index (χ3n) is 3.40. The van der Waals surface area contributed by atoms with Crippen molar-refractivity contribution in [1.29, 1.82) is 0 Å². The van der Waals surface area contributed by atoms with Crippen LogP contribution < -0.4 is 5.73 Å². The Bertz CT molecular complexity index is 306. The molecule has 1 aromatic carbocycles. The lowest BCUT2D eigenvalue weighted by molar-refractivity contribution is 0.709. The van der Waals surface area contributed by atoms with Crippen LogP contribution in [0.3, 0.4) is 0 Å². The van der Waals surface area contributed by atoms with Gasteiger partial charge in [-0.2, -0.15) is 11.8 Å². The van der Waals surface area contributed by atoms with Crippen molar-refractivity contribution in [3.05, 3.63) is 35.9 Å². The first-order valence-electron chi connectivity index (χ1n) is 6.23. The Balaban J connectivity index is 1.91. The molecule has 2 atom stereocenters. The van der Waals surface area contributed by atoms with Crippen molar-refractivity contribution >= 4 is 11.8 Å². The van der Waals surface area contributed by atoms with Gasteiger partial charge in [0.25, 0.3) is 0 Å². The molecule has 2 N–H and O–H groups in total. The predicted molar refractivity (Wildman–Crippen MR) is 72.7 cm³/mol. The van der Waals surface area contributed by atoms with E-state index in [2.05, 4.69) is 43.0 Å². The molecule has 1 aliphatic carbocycles. The predicted octanol–water partition coefficient (Wildman–Crippen LogP) is 3.75. The zero-order valence-electron chi connectivity index (χ0n) is 9.93. The van der Waals surface area contributed by atoms with Crippen molar-refractivity contribution in [3.63, 3.8) is 0 Å². The van der Waals surface area contributed by atoms with E-state index < -0.39 is 0 Å². The fourth-order valence-electron chi connectivity index (χ4n) is 2.36. The first kappa shape index (κ1) is 12.0. The van der Waals surface area contributed by atoms with Crippen LogP contribution in [0.2, 0.25) is 0 Å². The van der Waals surface area contributed by atoms with Gasteiger partial charge in [-0.1, -0.05) is 50.1 Å². The van der Waals surface area contributed by atoms with Crippen LogP contribution in [0.5, 0.6) is 0 Å². The second-order valence-corrected chi connectivity index (χ2v) is 6.37. The Morgan fingerprint density at radius 1 is 1.19 bits per heavy atom. The van der Waals surface area contributed by atoms with Crippen LogP contribution >= 0.6 is 11.8 Å². The molecule has 0 spiro atoms. The van der Waals surface area contributed by atoms with E-state index >= 15 is 0 Å². The molecule has 1 aromatic rings. The maximum atomic E-state index is 6.30. The van der Waals surface area contributed by atoms with E-state index in [-0.39, 0.29) is 6.04 Å². The van der Waals surface area contributed by atoms with Gasteiger partial charge in [0, 0.05) is 16.5 Å². The van der Waals surface area contributed by atoms with E-state index in [1.54, 1.807) is 0 Å². The zero-order valence-corrected chi connectivity index (χ0v) is 10.7. The van der Waals surface area contributed by atoms with Crippen molar-refractivity contribution < 1.29 is 0 Å². The normalized spacial score (nSPS) is 20.9. The third kappa shape index (κ3) is 3.02.